The molecule has 1 aliphatic carbocycles. The molecule has 0 aromatic carbocycles. The van der Waals surface area contributed by atoms with Crippen LogP contribution in [0.25, 0.3) is 0 Å². The molecule has 0 spiro atoms. The Labute approximate surface area is 116 Å². The Balaban J connectivity index is 1.58. The lowest BCUT2D eigenvalue weighted by Crippen LogP contribution is -2.42. The van der Waals surface area contributed by atoms with Gasteiger partial charge in [0.05, 0.1) is 0 Å². The third-order valence-corrected chi connectivity index (χ3v) is 4.90. The van der Waals surface area contributed by atoms with E-state index in [9.17, 15) is 4.79 Å². The third-order valence-electron chi connectivity index (χ3n) is 4.90. The Morgan fingerprint density at radius 1 is 1.11 bits per heavy atom. The van der Waals surface area contributed by atoms with Gasteiger partial charge in [-0.3, -0.25) is 4.79 Å². The first-order chi connectivity index (χ1) is 9.24. The molecule has 0 aromatic rings. The van der Waals surface area contributed by atoms with Crippen molar-refractivity contribution < 1.29 is 4.79 Å². The first-order valence-electron chi connectivity index (χ1n) is 7.95. The first-order valence-corrected chi connectivity index (χ1v) is 7.95. The zero-order chi connectivity index (χ0) is 13.2. The molecule has 3 nitrogen and oxygen atoms in total. The van der Waals surface area contributed by atoms with Crippen LogP contribution in [-0.4, -0.2) is 47.9 Å². The summed E-state index contributed by atoms with van der Waals surface area (Å²) < 4.78 is 0. The lowest BCUT2D eigenvalue weighted by Gasteiger charge is -2.28. The minimum absolute atomic E-state index is 0.270. The number of hydrogen-bond donors (Lipinski definition) is 0. The molecule has 0 N–H and O–H groups in total. The van der Waals surface area contributed by atoms with Gasteiger partial charge in [0.15, 0.2) is 0 Å². The number of nitrogens with zero attached hydrogens (tertiary/aromatic N) is 2. The molecular formula is C16H26N2O. The van der Waals surface area contributed by atoms with Gasteiger partial charge in [-0.25, -0.2) is 0 Å². The molecule has 1 unspecified atom stereocenters. The Bertz CT molecular complexity index is 367. The van der Waals surface area contributed by atoms with Crippen molar-refractivity contribution in [3.05, 3.63) is 11.6 Å². The number of carbonyl (C=O) groups excluding carboxylic acids is 1. The average Bonchev–Trinajstić information content (AvgIpc) is 2.93. The molecule has 0 aromatic heterocycles. The Kier molecular flexibility index (Phi) is 3.92. The second-order valence-corrected chi connectivity index (χ2v) is 6.50. The van der Waals surface area contributed by atoms with Crippen LogP contribution in [0.4, 0.5) is 0 Å². The van der Waals surface area contributed by atoms with Crippen molar-refractivity contribution in [3.63, 3.8) is 0 Å². The highest BCUT2D eigenvalue weighted by atomic mass is 16.2. The van der Waals surface area contributed by atoms with Crippen LogP contribution in [0.3, 0.4) is 0 Å². The van der Waals surface area contributed by atoms with E-state index in [1.165, 1.54) is 57.2 Å². The standard InChI is InChI=1S/C16H26N2O/c1-13(14-6-7-14)11-16(19)18-10-4-5-15(18)12-17-8-2-3-9-17/h11,14-15H,2-10,12H2,1H3/b13-11+. The van der Waals surface area contributed by atoms with Crippen molar-refractivity contribution in [2.75, 3.05) is 26.2 Å². The molecule has 0 bridgehead atoms. The van der Waals surface area contributed by atoms with E-state index in [4.69, 9.17) is 0 Å². The maximum absolute atomic E-state index is 12.4. The summed E-state index contributed by atoms with van der Waals surface area (Å²) in [4.78, 5) is 17.1. The molecule has 106 valence electrons. The number of amides is 1. The van der Waals surface area contributed by atoms with Gasteiger partial charge in [0.1, 0.15) is 0 Å². The van der Waals surface area contributed by atoms with Gasteiger partial charge >= 0.3 is 0 Å². The van der Waals surface area contributed by atoms with Gasteiger partial charge in [-0.15, -0.1) is 0 Å². The second-order valence-electron chi connectivity index (χ2n) is 6.50. The predicted octanol–water partition coefficient (Wildman–Crippen LogP) is 2.43. The molecule has 2 saturated heterocycles. The minimum Gasteiger partial charge on any atom is -0.335 e. The average molecular weight is 262 g/mol. The van der Waals surface area contributed by atoms with E-state index in [1.807, 2.05) is 6.08 Å². The van der Waals surface area contributed by atoms with Crippen LogP contribution in [0.2, 0.25) is 0 Å². The minimum atomic E-state index is 0.270. The quantitative estimate of drug-likeness (QED) is 0.727. The second kappa shape index (κ2) is 5.66. The van der Waals surface area contributed by atoms with Crippen molar-refractivity contribution >= 4 is 5.91 Å². The summed E-state index contributed by atoms with van der Waals surface area (Å²) in [6.07, 6.45) is 9.53. The molecule has 3 heteroatoms. The molecule has 3 aliphatic rings. The number of allylic oxidation sites excluding steroid dienone is 1. The summed E-state index contributed by atoms with van der Waals surface area (Å²) in [7, 11) is 0. The van der Waals surface area contributed by atoms with Crippen LogP contribution in [0.1, 0.15) is 45.4 Å². The van der Waals surface area contributed by atoms with Crippen LogP contribution in [-0.2, 0) is 4.79 Å². The highest BCUT2D eigenvalue weighted by Gasteiger charge is 2.31. The van der Waals surface area contributed by atoms with Gasteiger partial charge in [-0.2, -0.15) is 0 Å². The van der Waals surface area contributed by atoms with Gasteiger partial charge in [0.2, 0.25) is 5.91 Å². The predicted molar refractivity (Wildman–Crippen MR) is 76.9 cm³/mol. The van der Waals surface area contributed by atoms with E-state index < -0.39 is 0 Å². The SMILES string of the molecule is C/C(=C\C(=O)N1CCCC1CN1CCCC1)C1CC1. The van der Waals surface area contributed by atoms with Gasteiger partial charge in [0.25, 0.3) is 0 Å². The number of rotatable bonds is 4. The van der Waals surface area contributed by atoms with Crippen LogP contribution < -0.4 is 0 Å². The maximum Gasteiger partial charge on any atom is 0.246 e. The molecule has 2 aliphatic heterocycles. The van der Waals surface area contributed by atoms with E-state index in [-0.39, 0.29) is 5.91 Å². The lowest BCUT2D eigenvalue weighted by atomic mass is 10.1. The van der Waals surface area contributed by atoms with Crippen LogP contribution in [0, 0.1) is 5.92 Å². The molecule has 1 atom stereocenters. The van der Waals surface area contributed by atoms with Crippen LogP contribution in [0.5, 0.6) is 0 Å². The van der Waals surface area contributed by atoms with E-state index in [0.29, 0.717) is 12.0 Å². The van der Waals surface area contributed by atoms with E-state index in [2.05, 4.69) is 16.7 Å². The topological polar surface area (TPSA) is 23.6 Å². The van der Waals surface area contributed by atoms with Gasteiger partial charge in [-0.05, 0) is 64.5 Å². The Morgan fingerprint density at radius 2 is 1.84 bits per heavy atom. The summed E-state index contributed by atoms with van der Waals surface area (Å²) in [6, 6.07) is 0.467. The highest BCUT2D eigenvalue weighted by molar-refractivity contribution is 5.88. The molecule has 1 amide bonds. The highest BCUT2D eigenvalue weighted by Crippen LogP contribution is 2.36. The van der Waals surface area contributed by atoms with Crippen molar-refractivity contribution in [3.8, 4) is 0 Å². The number of hydrogen-bond acceptors (Lipinski definition) is 2. The zero-order valence-corrected chi connectivity index (χ0v) is 12.1. The summed E-state index contributed by atoms with van der Waals surface area (Å²) in [5, 5.41) is 0. The molecule has 0 radical (unpaired) electrons. The fourth-order valence-corrected chi connectivity index (χ4v) is 3.51. The molecule has 1 saturated carbocycles. The Morgan fingerprint density at radius 3 is 2.53 bits per heavy atom. The zero-order valence-electron chi connectivity index (χ0n) is 12.1. The summed E-state index contributed by atoms with van der Waals surface area (Å²) in [5.74, 6) is 0.981. The number of carbonyl (C=O) groups is 1. The molecule has 19 heavy (non-hydrogen) atoms. The molecule has 3 rings (SSSR count). The normalized spacial score (nSPS) is 29.2. The summed E-state index contributed by atoms with van der Waals surface area (Å²) in [6.45, 7) is 6.65. The first kappa shape index (κ1) is 13.2. The van der Waals surface area contributed by atoms with Crippen LogP contribution in [0.15, 0.2) is 11.6 Å². The number of likely N-dealkylation sites (tertiary alicyclic amines) is 2. The summed E-state index contributed by atoms with van der Waals surface area (Å²) >= 11 is 0. The fraction of sp³-hybridized carbons (Fsp3) is 0.812. The largest absolute Gasteiger partial charge is 0.335 e. The van der Waals surface area contributed by atoms with Gasteiger partial charge in [0, 0.05) is 25.2 Å². The third kappa shape index (κ3) is 3.19. The van der Waals surface area contributed by atoms with Crippen molar-refractivity contribution in [1.29, 1.82) is 0 Å². The van der Waals surface area contributed by atoms with Gasteiger partial charge < -0.3 is 9.80 Å². The van der Waals surface area contributed by atoms with Gasteiger partial charge in [-0.1, -0.05) is 5.57 Å². The van der Waals surface area contributed by atoms with Crippen molar-refractivity contribution in [2.45, 2.75) is 51.5 Å². The van der Waals surface area contributed by atoms with Crippen LogP contribution >= 0.6 is 0 Å². The molecular weight excluding hydrogens is 236 g/mol. The van der Waals surface area contributed by atoms with Crippen molar-refractivity contribution in [2.24, 2.45) is 5.92 Å². The Hall–Kier alpha value is -0.830. The summed E-state index contributed by atoms with van der Waals surface area (Å²) in [5.41, 5.74) is 1.30. The molecule has 3 fully saturated rings. The van der Waals surface area contributed by atoms with E-state index in [1.54, 1.807) is 0 Å². The smallest absolute Gasteiger partial charge is 0.246 e. The maximum atomic E-state index is 12.4. The van der Waals surface area contributed by atoms with E-state index in [0.717, 1.165) is 13.1 Å². The monoisotopic (exact) mass is 262 g/mol. The fourth-order valence-electron chi connectivity index (χ4n) is 3.51. The van der Waals surface area contributed by atoms with Crippen molar-refractivity contribution in [1.82, 2.24) is 9.80 Å². The lowest BCUT2D eigenvalue weighted by molar-refractivity contribution is -0.127. The molecule has 2 heterocycles. The van der Waals surface area contributed by atoms with E-state index >= 15 is 0 Å².